The Kier molecular flexibility index (Phi) is 6.17. The third-order valence-electron chi connectivity index (χ3n) is 5.03. The fourth-order valence-electron chi connectivity index (χ4n) is 3.39. The van der Waals surface area contributed by atoms with E-state index in [-0.39, 0.29) is 11.8 Å². The number of carbonyl (C=O) groups excluding carboxylic acids is 2. The first-order chi connectivity index (χ1) is 13.9. The highest BCUT2D eigenvalue weighted by Crippen LogP contribution is 2.25. The van der Waals surface area contributed by atoms with Crippen LogP contribution in [-0.4, -0.2) is 43.9 Å². The molecular weight excluding hydrogens is 362 g/mol. The highest BCUT2D eigenvalue weighted by molar-refractivity contribution is 6.08. The van der Waals surface area contributed by atoms with Crippen molar-refractivity contribution in [1.29, 1.82) is 0 Å². The Balaban J connectivity index is 1.90. The van der Waals surface area contributed by atoms with Gasteiger partial charge in [-0.15, -0.1) is 0 Å². The molecule has 3 rings (SSSR count). The van der Waals surface area contributed by atoms with Crippen molar-refractivity contribution in [1.82, 2.24) is 4.90 Å². The van der Waals surface area contributed by atoms with Crippen LogP contribution in [0.1, 0.15) is 34.6 Å². The van der Waals surface area contributed by atoms with Gasteiger partial charge in [0, 0.05) is 44.1 Å². The summed E-state index contributed by atoms with van der Waals surface area (Å²) in [5, 5.41) is 5.03. The smallest absolute Gasteiger partial charge is 0.256 e. The van der Waals surface area contributed by atoms with E-state index in [1.165, 1.54) is 0 Å². The van der Waals surface area contributed by atoms with Crippen LogP contribution in [0, 0.1) is 0 Å². The molecule has 3 aromatic carbocycles. The van der Waals surface area contributed by atoms with Crippen LogP contribution in [0.15, 0.2) is 60.7 Å². The molecule has 2 amide bonds. The second-order valence-electron chi connectivity index (χ2n) is 7.12. The van der Waals surface area contributed by atoms with Crippen molar-refractivity contribution in [3.63, 3.8) is 0 Å². The Morgan fingerprint density at radius 2 is 1.55 bits per heavy atom. The number of hydrogen-bond donors (Lipinski definition) is 1. The van der Waals surface area contributed by atoms with Gasteiger partial charge >= 0.3 is 0 Å². The van der Waals surface area contributed by atoms with Gasteiger partial charge in [0.2, 0.25) is 0 Å². The number of fused-ring (bicyclic) bond motifs is 1. The molecule has 0 heterocycles. The fourth-order valence-corrected chi connectivity index (χ4v) is 3.39. The second kappa shape index (κ2) is 8.78. The fraction of sp³-hybridized carbons (Fsp3) is 0.250. The first-order valence-corrected chi connectivity index (χ1v) is 9.85. The molecule has 0 atom stereocenters. The van der Waals surface area contributed by atoms with Crippen molar-refractivity contribution in [3.8, 4) is 0 Å². The van der Waals surface area contributed by atoms with Gasteiger partial charge in [-0.05, 0) is 55.0 Å². The maximum absolute atomic E-state index is 13.0. The number of nitrogens with zero attached hydrogens (tertiary/aromatic N) is 2. The van der Waals surface area contributed by atoms with Gasteiger partial charge in [-0.1, -0.05) is 30.3 Å². The first-order valence-electron chi connectivity index (χ1n) is 9.85. The third-order valence-corrected chi connectivity index (χ3v) is 5.03. The van der Waals surface area contributed by atoms with E-state index >= 15 is 0 Å². The van der Waals surface area contributed by atoms with Gasteiger partial charge in [0.05, 0.1) is 5.56 Å². The van der Waals surface area contributed by atoms with Gasteiger partial charge in [0.25, 0.3) is 11.8 Å². The number of benzene rings is 3. The molecule has 5 heteroatoms. The standard InChI is InChI=1S/C24H27N3O2/c1-5-27(6-2)24(29)21-16-20(13-14-22(21)26(3)4)25-23(28)19-12-11-17-9-7-8-10-18(17)15-19/h7-16H,5-6H2,1-4H3,(H,25,28). The Bertz CT molecular complexity index is 1040. The molecule has 0 saturated carbocycles. The minimum Gasteiger partial charge on any atom is -0.377 e. The molecular formula is C24H27N3O2. The average molecular weight is 389 g/mol. The van der Waals surface area contributed by atoms with Gasteiger partial charge in [0.15, 0.2) is 0 Å². The zero-order chi connectivity index (χ0) is 21.0. The second-order valence-corrected chi connectivity index (χ2v) is 7.12. The van der Waals surface area contributed by atoms with Gasteiger partial charge < -0.3 is 15.1 Å². The molecule has 3 aromatic rings. The third kappa shape index (κ3) is 4.40. The zero-order valence-electron chi connectivity index (χ0n) is 17.4. The summed E-state index contributed by atoms with van der Waals surface area (Å²) in [4.78, 5) is 29.4. The van der Waals surface area contributed by atoms with Crippen LogP contribution in [0.25, 0.3) is 10.8 Å². The highest BCUT2D eigenvalue weighted by atomic mass is 16.2. The first kappa shape index (κ1) is 20.4. The number of rotatable bonds is 6. The lowest BCUT2D eigenvalue weighted by molar-refractivity contribution is 0.0773. The molecule has 1 N–H and O–H groups in total. The largest absolute Gasteiger partial charge is 0.377 e. The predicted octanol–water partition coefficient (Wildman–Crippen LogP) is 4.64. The highest BCUT2D eigenvalue weighted by Gasteiger charge is 2.19. The van der Waals surface area contributed by atoms with Crippen LogP contribution >= 0.6 is 0 Å². The maximum atomic E-state index is 13.0. The summed E-state index contributed by atoms with van der Waals surface area (Å²) in [7, 11) is 3.81. The van der Waals surface area contributed by atoms with E-state index in [4.69, 9.17) is 0 Å². The van der Waals surface area contributed by atoms with Crippen molar-refractivity contribution in [2.75, 3.05) is 37.4 Å². The molecule has 0 aliphatic heterocycles. The average Bonchev–Trinajstić information content (AvgIpc) is 2.73. The van der Waals surface area contributed by atoms with Crippen molar-refractivity contribution in [2.45, 2.75) is 13.8 Å². The Morgan fingerprint density at radius 3 is 2.21 bits per heavy atom. The maximum Gasteiger partial charge on any atom is 0.256 e. The lowest BCUT2D eigenvalue weighted by Gasteiger charge is -2.23. The molecule has 0 fully saturated rings. The number of amides is 2. The quantitative estimate of drug-likeness (QED) is 0.668. The normalized spacial score (nSPS) is 10.6. The van der Waals surface area contributed by atoms with Gasteiger partial charge in [-0.3, -0.25) is 9.59 Å². The summed E-state index contributed by atoms with van der Waals surface area (Å²) in [6.07, 6.45) is 0. The zero-order valence-corrected chi connectivity index (χ0v) is 17.4. The van der Waals surface area contributed by atoms with Crippen molar-refractivity contribution < 1.29 is 9.59 Å². The summed E-state index contributed by atoms with van der Waals surface area (Å²) >= 11 is 0. The van der Waals surface area contributed by atoms with Crippen molar-refractivity contribution >= 4 is 34.0 Å². The summed E-state index contributed by atoms with van der Waals surface area (Å²) in [6.45, 7) is 5.19. The molecule has 0 spiro atoms. The van der Waals surface area contributed by atoms with Crippen LogP contribution in [0.4, 0.5) is 11.4 Å². The lowest BCUT2D eigenvalue weighted by atomic mass is 10.1. The summed E-state index contributed by atoms with van der Waals surface area (Å²) < 4.78 is 0. The summed E-state index contributed by atoms with van der Waals surface area (Å²) in [6, 6.07) is 19.0. The minimum absolute atomic E-state index is 0.0412. The van der Waals surface area contributed by atoms with Crippen LogP contribution in [0.3, 0.4) is 0 Å². The predicted molar refractivity (Wildman–Crippen MR) is 120 cm³/mol. The van der Waals surface area contributed by atoms with E-state index in [9.17, 15) is 9.59 Å². The molecule has 5 nitrogen and oxygen atoms in total. The van der Waals surface area contributed by atoms with Gasteiger partial charge in [-0.25, -0.2) is 0 Å². The van der Waals surface area contributed by atoms with Crippen LogP contribution in [-0.2, 0) is 0 Å². The van der Waals surface area contributed by atoms with Crippen molar-refractivity contribution in [2.24, 2.45) is 0 Å². The van der Waals surface area contributed by atoms with Gasteiger partial charge in [-0.2, -0.15) is 0 Å². The van der Waals surface area contributed by atoms with E-state index in [0.29, 0.717) is 29.9 Å². The lowest BCUT2D eigenvalue weighted by Crippen LogP contribution is -2.31. The number of anilines is 2. The molecule has 0 unspecified atom stereocenters. The van der Waals surface area contributed by atoms with E-state index in [0.717, 1.165) is 16.5 Å². The van der Waals surface area contributed by atoms with Gasteiger partial charge in [0.1, 0.15) is 0 Å². The van der Waals surface area contributed by atoms with Crippen LogP contribution in [0.2, 0.25) is 0 Å². The molecule has 0 aromatic heterocycles. The van der Waals surface area contributed by atoms with Crippen LogP contribution < -0.4 is 10.2 Å². The number of carbonyl (C=O) groups is 2. The van der Waals surface area contributed by atoms with Crippen molar-refractivity contribution in [3.05, 3.63) is 71.8 Å². The molecule has 0 radical (unpaired) electrons. The van der Waals surface area contributed by atoms with Crippen LogP contribution in [0.5, 0.6) is 0 Å². The number of hydrogen-bond acceptors (Lipinski definition) is 3. The summed E-state index contributed by atoms with van der Waals surface area (Å²) in [5.41, 5.74) is 2.59. The SMILES string of the molecule is CCN(CC)C(=O)c1cc(NC(=O)c2ccc3ccccc3c2)ccc1N(C)C. The molecule has 150 valence electrons. The monoisotopic (exact) mass is 389 g/mol. The minimum atomic E-state index is -0.199. The molecule has 0 bridgehead atoms. The molecule has 0 aliphatic carbocycles. The van der Waals surface area contributed by atoms with E-state index < -0.39 is 0 Å². The summed E-state index contributed by atoms with van der Waals surface area (Å²) in [5.74, 6) is -0.241. The number of nitrogens with one attached hydrogen (secondary N) is 1. The Hall–Kier alpha value is -3.34. The van der Waals surface area contributed by atoms with E-state index in [1.54, 1.807) is 11.0 Å². The Morgan fingerprint density at radius 1 is 0.862 bits per heavy atom. The molecule has 0 saturated heterocycles. The topological polar surface area (TPSA) is 52.7 Å². The molecule has 29 heavy (non-hydrogen) atoms. The van der Waals surface area contributed by atoms with E-state index in [1.807, 2.05) is 87.4 Å². The Labute approximate surface area is 171 Å². The molecule has 0 aliphatic rings. The van der Waals surface area contributed by atoms with E-state index in [2.05, 4.69) is 5.32 Å².